The molecule has 4 aromatic carbocycles. The van der Waals surface area contributed by atoms with Crippen LogP contribution >= 0.6 is 0 Å². The first-order valence-corrected chi connectivity index (χ1v) is 16.4. The van der Waals surface area contributed by atoms with Crippen LogP contribution in [0.5, 0.6) is 11.5 Å². The van der Waals surface area contributed by atoms with E-state index in [9.17, 15) is 14.7 Å². The van der Waals surface area contributed by atoms with Gasteiger partial charge in [-0.15, -0.1) is 0 Å². The molecule has 1 amide bonds. The smallest absolute Gasteiger partial charge is 0.351 e. The first-order valence-electron chi connectivity index (χ1n) is 16.4. The molecule has 0 aliphatic carbocycles. The van der Waals surface area contributed by atoms with Crippen LogP contribution in [0.25, 0.3) is 0 Å². The predicted molar refractivity (Wildman–Crippen MR) is 188 cm³/mol. The van der Waals surface area contributed by atoms with Crippen molar-refractivity contribution in [2.45, 2.75) is 29.6 Å². The average Bonchev–Trinajstić information content (AvgIpc) is 3.62. The number of hydrogen-bond acceptors (Lipinski definition) is 10. The number of carbonyl (C=O) groups excluding carboxylic acids is 1. The molecule has 0 spiro atoms. The lowest BCUT2D eigenvalue weighted by Crippen LogP contribution is -2.51. The fourth-order valence-electron chi connectivity index (χ4n) is 6.98. The van der Waals surface area contributed by atoms with Gasteiger partial charge in [0, 0.05) is 11.8 Å². The maximum atomic E-state index is 13.4. The van der Waals surface area contributed by atoms with Crippen LogP contribution in [0.4, 0.5) is 5.82 Å². The van der Waals surface area contributed by atoms with Gasteiger partial charge >= 0.3 is 5.69 Å². The van der Waals surface area contributed by atoms with Crippen molar-refractivity contribution in [2.24, 2.45) is 0 Å². The van der Waals surface area contributed by atoms with Crippen LogP contribution in [0, 0.1) is 0 Å². The van der Waals surface area contributed by atoms with Gasteiger partial charge in [-0.3, -0.25) is 9.36 Å². The summed E-state index contributed by atoms with van der Waals surface area (Å²) in [6, 6.07) is 34.5. The monoisotopic (exact) mass is 690 g/mol. The van der Waals surface area contributed by atoms with Gasteiger partial charge < -0.3 is 34.2 Å². The summed E-state index contributed by atoms with van der Waals surface area (Å²) in [6.07, 6.45) is -0.615. The van der Waals surface area contributed by atoms with Crippen molar-refractivity contribution >= 4 is 11.7 Å². The van der Waals surface area contributed by atoms with E-state index >= 15 is 0 Å². The van der Waals surface area contributed by atoms with Crippen molar-refractivity contribution in [3.8, 4) is 11.5 Å². The van der Waals surface area contributed by atoms with Gasteiger partial charge in [-0.1, -0.05) is 72.8 Å². The lowest BCUT2D eigenvalue weighted by atomic mass is 9.79. The number of aromatic nitrogens is 2. The molecule has 2 bridgehead atoms. The topological polar surface area (TPSA) is 134 Å². The zero-order chi connectivity index (χ0) is 35.6. The van der Waals surface area contributed by atoms with Gasteiger partial charge in [0.25, 0.3) is 5.91 Å². The van der Waals surface area contributed by atoms with Gasteiger partial charge in [0.15, 0.2) is 6.23 Å². The van der Waals surface area contributed by atoms with Gasteiger partial charge in [-0.25, -0.2) is 4.79 Å². The predicted octanol–water partition coefficient (Wildman–Crippen LogP) is 4.40. The van der Waals surface area contributed by atoms with Crippen LogP contribution in [0.3, 0.4) is 0 Å². The number of hydrogen-bond donors (Lipinski definition) is 2. The molecule has 51 heavy (non-hydrogen) atoms. The fourth-order valence-corrected chi connectivity index (χ4v) is 6.98. The Morgan fingerprint density at radius 2 is 1.43 bits per heavy atom. The zero-order valence-electron chi connectivity index (χ0n) is 28.3. The Balaban J connectivity index is 1.24. The molecule has 262 valence electrons. The number of ether oxygens (including phenoxy) is 4. The van der Waals surface area contributed by atoms with Crippen molar-refractivity contribution in [3.63, 3.8) is 0 Å². The summed E-state index contributed by atoms with van der Waals surface area (Å²) < 4.78 is 26.0. The number of hydroxylamine groups is 2. The molecule has 2 aliphatic heterocycles. The highest BCUT2D eigenvalue weighted by Gasteiger charge is 2.65. The summed E-state index contributed by atoms with van der Waals surface area (Å²) >= 11 is 0. The Hall–Kier alpha value is -5.37. The number of aliphatic hydroxyl groups excluding tert-OH is 1. The first kappa shape index (κ1) is 34.1. The zero-order valence-corrected chi connectivity index (χ0v) is 28.3. The Morgan fingerprint density at radius 1 is 0.863 bits per heavy atom. The number of nitrogens with zero attached hydrogens (tertiary/aromatic N) is 3. The van der Waals surface area contributed by atoms with Gasteiger partial charge in [0.2, 0.25) is 0 Å². The maximum absolute atomic E-state index is 13.4. The minimum atomic E-state index is -1.32. The summed E-state index contributed by atoms with van der Waals surface area (Å²) in [4.78, 5) is 35.9. The minimum Gasteiger partial charge on any atom is -0.497 e. The van der Waals surface area contributed by atoms with E-state index in [2.05, 4.69) is 10.3 Å². The van der Waals surface area contributed by atoms with E-state index in [0.717, 1.165) is 16.7 Å². The van der Waals surface area contributed by atoms with Crippen molar-refractivity contribution in [2.75, 3.05) is 39.8 Å². The maximum Gasteiger partial charge on any atom is 0.351 e. The number of benzene rings is 4. The average molecular weight is 691 g/mol. The Bertz CT molecular complexity index is 1980. The second-order valence-corrected chi connectivity index (χ2v) is 12.4. The van der Waals surface area contributed by atoms with E-state index in [1.807, 2.05) is 78.9 Å². The molecule has 12 heteroatoms. The lowest BCUT2D eigenvalue weighted by molar-refractivity contribution is -0.247. The molecular weight excluding hydrogens is 652 g/mol. The fraction of sp³-hybridized carbons (Fsp3) is 0.256. The molecule has 12 nitrogen and oxygen atoms in total. The van der Waals surface area contributed by atoms with Gasteiger partial charge in [0.05, 0.1) is 34.5 Å². The van der Waals surface area contributed by atoms with E-state index in [4.69, 9.17) is 23.8 Å². The third kappa shape index (κ3) is 6.17. The van der Waals surface area contributed by atoms with E-state index < -0.39 is 41.2 Å². The van der Waals surface area contributed by atoms with Gasteiger partial charge in [0.1, 0.15) is 40.7 Å². The van der Waals surface area contributed by atoms with Crippen LogP contribution < -0.4 is 20.5 Å². The number of carbonyl (C=O) groups is 1. The molecule has 2 saturated heterocycles. The molecule has 7 rings (SSSR count). The Morgan fingerprint density at radius 3 is 1.98 bits per heavy atom. The molecule has 0 radical (unpaired) electrons. The highest BCUT2D eigenvalue weighted by atomic mass is 16.7. The molecule has 1 aromatic heterocycles. The largest absolute Gasteiger partial charge is 0.497 e. The summed E-state index contributed by atoms with van der Waals surface area (Å²) in [5.74, 6) is 1.06. The number of fused-ring (bicyclic) bond motifs is 2. The van der Waals surface area contributed by atoms with Crippen LogP contribution in [0.15, 0.2) is 126 Å². The molecule has 2 fully saturated rings. The van der Waals surface area contributed by atoms with Crippen LogP contribution in [-0.4, -0.2) is 77.9 Å². The van der Waals surface area contributed by atoms with Crippen LogP contribution in [0.2, 0.25) is 0 Å². The highest BCUT2D eigenvalue weighted by molar-refractivity contribution is 6.03. The van der Waals surface area contributed by atoms with Gasteiger partial charge in [-0.05, 0) is 59.2 Å². The summed E-state index contributed by atoms with van der Waals surface area (Å²) in [6.45, 7) is 0.0662. The standard InChI is InChI=1S/C39H38N4O8/c1-47-30-18-14-28(15-19-30)39(27-12-8-5-9-13-27,29-16-20-31(48-2)21-17-29)50-25-38-24-43(49-3)33(34(38)44)36(51-38)42-23-22-32(41-37(42)46)40-35(45)26-10-6-4-7-11-26/h4-23,33-34,36,44H,24-25H2,1-3H3,(H,40,41,45,46)/t33-,34+,36-,38-/m1/s1. The Kier molecular flexibility index (Phi) is 9.42. The third-order valence-corrected chi connectivity index (χ3v) is 9.59. The molecule has 3 heterocycles. The normalized spacial score (nSPS) is 21.4. The SMILES string of the molecule is COc1ccc(C(OC[C@@]23CN(OC)[C@@H]([C@H](n4ccc(NC(=O)c5ccccc5)nc4=O)O2)[C@@H]3O)(c2ccccc2)c2ccc(OC)cc2)cc1. The number of rotatable bonds is 12. The summed E-state index contributed by atoms with van der Waals surface area (Å²) in [5.41, 5.74) is -0.275. The molecule has 0 saturated carbocycles. The van der Waals surface area contributed by atoms with E-state index in [1.54, 1.807) is 49.6 Å². The first-order chi connectivity index (χ1) is 24.8. The number of methoxy groups -OCH3 is 2. The van der Waals surface area contributed by atoms with Crippen molar-refractivity contribution in [1.82, 2.24) is 14.6 Å². The molecule has 5 aromatic rings. The number of morpholine rings is 1. The summed E-state index contributed by atoms with van der Waals surface area (Å²) in [7, 11) is 4.73. The number of amides is 1. The second-order valence-electron chi connectivity index (χ2n) is 12.4. The van der Waals surface area contributed by atoms with E-state index in [0.29, 0.717) is 17.1 Å². The van der Waals surface area contributed by atoms with Crippen molar-refractivity contribution < 1.29 is 33.7 Å². The highest BCUT2D eigenvalue weighted by Crippen LogP contribution is 2.49. The van der Waals surface area contributed by atoms with Crippen LogP contribution in [-0.2, 0) is 19.9 Å². The Labute approximate surface area is 294 Å². The van der Waals surface area contributed by atoms with Crippen molar-refractivity contribution in [3.05, 3.63) is 154 Å². The van der Waals surface area contributed by atoms with E-state index in [1.165, 1.54) is 23.9 Å². The minimum absolute atomic E-state index is 0.0853. The molecule has 2 N–H and O–H groups in total. The lowest BCUT2D eigenvalue weighted by Gasteiger charge is -2.41. The van der Waals surface area contributed by atoms with E-state index in [-0.39, 0.29) is 19.0 Å². The molecule has 4 atom stereocenters. The second kappa shape index (κ2) is 14.1. The molecule has 0 unspecified atom stereocenters. The van der Waals surface area contributed by atoms with Gasteiger partial charge in [-0.2, -0.15) is 10.0 Å². The number of aliphatic hydroxyl groups is 1. The number of anilines is 1. The molecular formula is C39H38N4O8. The summed E-state index contributed by atoms with van der Waals surface area (Å²) in [5, 5.41) is 16.2. The van der Waals surface area contributed by atoms with Crippen LogP contribution in [0.1, 0.15) is 33.3 Å². The number of nitrogens with one attached hydrogen (secondary N) is 1. The quantitative estimate of drug-likeness (QED) is 0.182. The molecule has 2 aliphatic rings. The van der Waals surface area contributed by atoms with Crippen molar-refractivity contribution in [1.29, 1.82) is 0 Å². The third-order valence-electron chi connectivity index (χ3n) is 9.59.